The van der Waals surface area contributed by atoms with Crippen molar-refractivity contribution in [3.8, 4) is 0 Å². The zero-order valence-electron chi connectivity index (χ0n) is 16.3. The molecule has 7 heteroatoms. The minimum absolute atomic E-state index is 0.00380. The van der Waals surface area contributed by atoms with Gasteiger partial charge in [0.25, 0.3) is 0 Å². The molecule has 146 valence electrons. The third kappa shape index (κ3) is 4.25. The summed E-state index contributed by atoms with van der Waals surface area (Å²) in [7, 11) is 0. The molecule has 1 aliphatic heterocycles. The Balaban J connectivity index is 1.29. The van der Waals surface area contributed by atoms with Crippen LogP contribution < -0.4 is 10.2 Å². The Morgan fingerprint density at radius 2 is 1.89 bits per heavy atom. The van der Waals surface area contributed by atoms with Crippen LogP contribution in [0.15, 0.2) is 42.5 Å². The molecule has 1 aromatic carbocycles. The molecule has 3 aromatic rings. The predicted molar refractivity (Wildman–Crippen MR) is 114 cm³/mol. The SMILES string of the molecule is Cc1cccc(C[C@@H](C)NC(=O)N2CCN(c3nc4ccccc4s3)CC2)n1. The molecule has 2 amide bonds. The van der Waals surface area contributed by atoms with Gasteiger partial charge in [0.15, 0.2) is 5.13 Å². The Labute approximate surface area is 169 Å². The van der Waals surface area contributed by atoms with E-state index in [1.54, 1.807) is 11.3 Å². The summed E-state index contributed by atoms with van der Waals surface area (Å²) in [6.07, 6.45) is 0.735. The number of carbonyl (C=O) groups is 1. The Morgan fingerprint density at radius 1 is 1.11 bits per heavy atom. The molecule has 2 aromatic heterocycles. The Kier molecular flexibility index (Phi) is 5.43. The Hall–Kier alpha value is -2.67. The summed E-state index contributed by atoms with van der Waals surface area (Å²) in [5.41, 5.74) is 3.05. The summed E-state index contributed by atoms with van der Waals surface area (Å²) in [5, 5.41) is 4.15. The van der Waals surface area contributed by atoms with Gasteiger partial charge in [-0.3, -0.25) is 4.98 Å². The zero-order chi connectivity index (χ0) is 19.5. The van der Waals surface area contributed by atoms with Gasteiger partial charge >= 0.3 is 6.03 Å². The largest absolute Gasteiger partial charge is 0.345 e. The lowest BCUT2D eigenvalue weighted by Crippen LogP contribution is -2.53. The maximum Gasteiger partial charge on any atom is 0.317 e. The number of para-hydroxylation sites is 1. The fraction of sp³-hybridized carbons (Fsp3) is 0.381. The molecule has 6 nitrogen and oxygen atoms in total. The van der Waals surface area contributed by atoms with Crippen molar-refractivity contribution in [1.82, 2.24) is 20.2 Å². The van der Waals surface area contributed by atoms with E-state index in [-0.39, 0.29) is 12.1 Å². The van der Waals surface area contributed by atoms with E-state index in [0.717, 1.165) is 41.5 Å². The maximum absolute atomic E-state index is 12.6. The van der Waals surface area contributed by atoms with Crippen LogP contribution in [0.4, 0.5) is 9.93 Å². The van der Waals surface area contributed by atoms with Gasteiger partial charge in [0.2, 0.25) is 0 Å². The molecular weight excluding hydrogens is 370 g/mol. The van der Waals surface area contributed by atoms with Gasteiger partial charge in [-0.25, -0.2) is 9.78 Å². The Morgan fingerprint density at radius 3 is 2.64 bits per heavy atom. The van der Waals surface area contributed by atoms with E-state index in [9.17, 15) is 4.79 Å². The highest BCUT2D eigenvalue weighted by Crippen LogP contribution is 2.29. The van der Waals surface area contributed by atoms with Gasteiger partial charge in [0, 0.05) is 50.0 Å². The van der Waals surface area contributed by atoms with Gasteiger partial charge in [0.05, 0.1) is 10.2 Å². The molecule has 4 rings (SSSR count). The first-order chi connectivity index (χ1) is 13.6. The van der Waals surface area contributed by atoms with E-state index >= 15 is 0 Å². The molecule has 1 aliphatic rings. The number of urea groups is 1. The number of amides is 2. The number of aryl methyl sites for hydroxylation is 1. The van der Waals surface area contributed by atoms with E-state index in [2.05, 4.69) is 21.3 Å². The molecule has 3 heterocycles. The summed E-state index contributed by atoms with van der Waals surface area (Å²) in [6, 6.07) is 14.3. The number of benzene rings is 1. The van der Waals surface area contributed by atoms with Gasteiger partial charge in [-0.15, -0.1) is 0 Å². The molecule has 1 atom stereocenters. The number of anilines is 1. The highest BCUT2D eigenvalue weighted by Gasteiger charge is 2.24. The van der Waals surface area contributed by atoms with Gasteiger partial charge < -0.3 is 15.1 Å². The molecule has 1 N–H and O–H groups in total. The first kappa shape index (κ1) is 18.7. The van der Waals surface area contributed by atoms with E-state index in [4.69, 9.17) is 4.98 Å². The lowest BCUT2D eigenvalue weighted by molar-refractivity contribution is 0.191. The minimum Gasteiger partial charge on any atom is -0.345 e. The molecule has 1 fully saturated rings. The van der Waals surface area contributed by atoms with Crippen LogP contribution in [-0.2, 0) is 6.42 Å². The number of rotatable bonds is 4. The summed E-state index contributed by atoms with van der Waals surface area (Å²) in [5.74, 6) is 0. The number of nitrogens with one attached hydrogen (secondary N) is 1. The van der Waals surface area contributed by atoms with Crippen molar-refractivity contribution in [3.63, 3.8) is 0 Å². The lowest BCUT2D eigenvalue weighted by atomic mass is 10.1. The predicted octanol–water partition coefficient (Wildman–Crippen LogP) is 3.46. The van der Waals surface area contributed by atoms with Crippen molar-refractivity contribution in [2.24, 2.45) is 0 Å². The minimum atomic E-state index is 0.00380. The third-order valence-corrected chi connectivity index (χ3v) is 6.05. The summed E-state index contributed by atoms with van der Waals surface area (Å²) >= 11 is 1.72. The van der Waals surface area contributed by atoms with Crippen LogP contribution in [0.2, 0.25) is 0 Å². The van der Waals surface area contributed by atoms with Crippen LogP contribution in [0.3, 0.4) is 0 Å². The monoisotopic (exact) mass is 395 g/mol. The van der Waals surface area contributed by atoms with Gasteiger partial charge in [-0.05, 0) is 38.1 Å². The maximum atomic E-state index is 12.6. The summed E-state index contributed by atoms with van der Waals surface area (Å²) in [6.45, 7) is 7.04. The molecule has 0 radical (unpaired) electrons. The number of fused-ring (bicyclic) bond motifs is 1. The molecular formula is C21H25N5OS. The normalized spacial score (nSPS) is 15.6. The van der Waals surface area contributed by atoms with Gasteiger partial charge in [-0.2, -0.15) is 0 Å². The van der Waals surface area contributed by atoms with Crippen LogP contribution in [0.1, 0.15) is 18.3 Å². The van der Waals surface area contributed by atoms with Crippen LogP contribution in [0, 0.1) is 6.92 Å². The average molecular weight is 396 g/mol. The van der Waals surface area contributed by atoms with Crippen molar-refractivity contribution in [3.05, 3.63) is 53.9 Å². The highest BCUT2D eigenvalue weighted by atomic mass is 32.1. The first-order valence-corrected chi connectivity index (χ1v) is 10.5. The van der Waals surface area contributed by atoms with Crippen molar-refractivity contribution in [2.75, 3.05) is 31.1 Å². The zero-order valence-corrected chi connectivity index (χ0v) is 17.1. The van der Waals surface area contributed by atoms with Crippen LogP contribution in [0.25, 0.3) is 10.2 Å². The standard InChI is InChI=1S/C21H25N5OS/c1-15-6-5-7-17(22-15)14-16(2)23-20(27)25-10-12-26(13-11-25)21-24-18-8-3-4-9-19(18)28-21/h3-9,16H,10-14H2,1-2H3,(H,23,27)/t16-/m1/s1. The van der Waals surface area contributed by atoms with E-state index in [1.807, 2.05) is 55.1 Å². The van der Waals surface area contributed by atoms with Crippen molar-refractivity contribution in [1.29, 1.82) is 0 Å². The molecule has 1 saturated heterocycles. The Bertz CT molecular complexity index is 931. The topological polar surface area (TPSA) is 61.4 Å². The number of piperazine rings is 1. The highest BCUT2D eigenvalue weighted by molar-refractivity contribution is 7.22. The van der Waals surface area contributed by atoms with Crippen LogP contribution in [0.5, 0.6) is 0 Å². The fourth-order valence-electron chi connectivity index (χ4n) is 3.48. The van der Waals surface area contributed by atoms with Gasteiger partial charge in [-0.1, -0.05) is 29.5 Å². The number of carbonyl (C=O) groups excluding carboxylic acids is 1. The number of pyridine rings is 1. The van der Waals surface area contributed by atoms with Crippen LogP contribution >= 0.6 is 11.3 Å². The summed E-state index contributed by atoms with van der Waals surface area (Å²) in [4.78, 5) is 26.0. The fourth-order valence-corrected chi connectivity index (χ4v) is 4.49. The van der Waals surface area contributed by atoms with Crippen LogP contribution in [-0.4, -0.2) is 53.1 Å². The first-order valence-electron chi connectivity index (χ1n) is 9.67. The second kappa shape index (κ2) is 8.14. The third-order valence-electron chi connectivity index (χ3n) is 4.95. The van der Waals surface area contributed by atoms with Gasteiger partial charge in [0.1, 0.15) is 0 Å². The lowest BCUT2D eigenvalue weighted by Gasteiger charge is -2.35. The molecule has 0 saturated carbocycles. The van der Waals surface area contributed by atoms with E-state index in [1.165, 1.54) is 4.70 Å². The van der Waals surface area contributed by atoms with E-state index < -0.39 is 0 Å². The number of nitrogens with zero attached hydrogens (tertiary/aromatic N) is 4. The van der Waals surface area contributed by atoms with Crippen molar-refractivity contribution < 1.29 is 4.79 Å². The van der Waals surface area contributed by atoms with Crippen molar-refractivity contribution >= 4 is 32.7 Å². The molecule has 28 heavy (non-hydrogen) atoms. The molecule has 0 unspecified atom stereocenters. The smallest absolute Gasteiger partial charge is 0.317 e. The number of thiazole rings is 1. The molecule has 0 aliphatic carbocycles. The second-order valence-electron chi connectivity index (χ2n) is 7.26. The summed E-state index contributed by atoms with van der Waals surface area (Å²) < 4.78 is 1.20. The van der Waals surface area contributed by atoms with E-state index in [0.29, 0.717) is 13.1 Å². The number of aromatic nitrogens is 2. The second-order valence-corrected chi connectivity index (χ2v) is 8.27. The average Bonchev–Trinajstić information content (AvgIpc) is 3.12. The van der Waals surface area contributed by atoms with Crippen molar-refractivity contribution in [2.45, 2.75) is 26.3 Å². The molecule has 0 spiro atoms. The quantitative estimate of drug-likeness (QED) is 0.735. The number of hydrogen-bond donors (Lipinski definition) is 1. The molecule has 0 bridgehead atoms. The number of hydrogen-bond acceptors (Lipinski definition) is 5.